The molecule has 1 aromatic heterocycles. The predicted molar refractivity (Wildman–Crippen MR) is 121 cm³/mol. The summed E-state index contributed by atoms with van der Waals surface area (Å²) in [6.45, 7) is 0.968. The lowest BCUT2D eigenvalue weighted by atomic mass is 9.49. The molecule has 4 bridgehead atoms. The van der Waals surface area contributed by atoms with Crippen LogP contribution in [0.15, 0.2) is 30.6 Å². The standard InChI is InChI=1S/C25H27ClN4O2/c26-19-3-1-2-18(9-19)23(31)30-5-4-20-21(13-30)27-14-28-22(20)29-24(32)25-10-15-6-16(11-25)8-17(7-15)12-25/h1-3,9,14-17H,4-8,10-13H2,(H,27,28,29,32). The van der Waals surface area contributed by atoms with Crippen molar-refractivity contribution in [1.82, 2.24) is 14.9 Å². The highest BCUT2D eigenvalue weighted by Crippen LogP contribution is 2.60. The molecule has 7 heteroatoms. The molecule has 2 amide bonds. The summed E-state index contributed by atoms with van der Waals surface area (Å²) in [6.07, 6.45) is 9.14. The van der Waals surface area contributed by atoms with Gasteiger partial charge in [-0.25, -0.2) is 9.97 Å². The molecule has 1 aromatic carbocycles. The number of amides is 2. The lowest BCUT2D eigenvalue weighted by molar-refractivity contribution is -0.140. The van der Waals surface area contributed by atoms with Crippen LogP contribution in [0.4, 0.5) is 5.82 Å². The van der Waals surface area contributed by atoms with Crippen LogP contribution < -0.4 is 5.32 Å². The van der Waals surface area contributed by atoms with Crippen LogP contribution in [0.2, 0.25) is 5.02 Å². The first-order chi connectivity index (χ1) is 15.5. The van der Waals surface area contributed by atoms with Crippen LogP contribution in [0.1, 0.15) is 60.1 Å². The number of benzene rings is 1. The Balaban J connectivity index is 1.20. The molecule has 1 aliphatic heterocycles. The normalized spacial score (nSPS) is 30.2. The molecule has 0 saturated heterocycles. The lowest BCUT2D eigenvalue weighted by Gasteiger charge is -2.55. The maximum Gasteiger partial charge on any atom is 0.254 e. The van der Waals surface area contributed by atoms with Crippen molar-refractivity contribution in [2.75, 3.05) is 11.9 Å². The van der Waals surface area contributed by atoms with Crippen LogP contribution in [0.25, 0.3) is 0 Å². The summed E-state index contributed by atoms with van der Waals surface area (Å²) >= 11 is 6.06. The fraction of sp³-hybridized carbons (Fsp3) is 0.520. The van der Waals surface area contributed by atoms with Gasteiger partial charge in [-0.2, -0.15) is 0 Å². The second-order valence-electron chi connectivity index (χ2n) is 10.3. The molecule has 2 heterocycles. The van der Waals surface area contributed by atoms with Gasteiger partial charge < -0.3 is 10.2 Å². The van der Waals surface area contributed by atoms with Gasteiger partial charge in [-0.15, -0.1) is 0 Å². The molecule has 6 nitrogen and oxygen atoms in total. The quantitative estimate of drug-likeness (QED) is 0.747. The van der Waals surface area contributed by atoms with E-state index in [2.05, 4.69) is 15.3 Å². The average molecular weight is 451 g/mol. The van der Waals surface area contributed by atoms with Crippen LogP contribution in [-0.4, -0.2) is 33.2 Å². The molecule has 7 rings (SSSR count). The summed E-state index contributed by atoms with van der Waals surface area (Å²) in [4.78, 5) is 37.1. The molecular formula is C25H27ClN4O2. The molecule has 0 unspecified atom stereocenters. The number of rotatable bonds is 3. The summed E-state index contributed by atoms with van der Waals surface area (Å²) in [7, 11) is 0. The highest BCUT2D eigenvalue weighted by atomic mass is 35.5. The van der Waals surface area contributed by atoms with E-state index in [0.717, 1.165) is 48.3 Å². The van der Waals surface area contributed by atoms with Gasteiger partial charge in [0.1, 0.15) is 12.1 Å². The van der Waals surface area contributed by atoms with Crippen molar-refractivity contribution in [3.05, 3.63) is 52.4 Å². The Labute approximate surface area is 192 Å². The topological polar surface area (TPSA) is 75.2 Å². The third kappa shape index (κ3) is 3.40. The Morgan fingerprint density at radius 2 is 1.78 bits per heavy atom. The van der Waals surface area contributed by atoms with E-state index < -0.39 is 0 Å². The van der Waals surface area contributed by atoms with Crippen molar-refractivity contribution in [2.45, 2.75) is 51.5 Å². The van der Waals surface area contributed by atoms with Gasteiger partial charge >= 0.3 is 0 Å². The number of anilines is 1. The van der Waals surface area contributed by atoms with Gasteiger partial charge in [0.05, 0.1) is 17.7 Å². The van der Waals surface area contributed by atoms with E-state index in [9.17, 15) is 9.59 Å². The van der Waals surface area contributed by atoms with Crippen molar-refractivity contribution in [2.24, 2.45) is 23.2 Å². The monoisotopic (exact) mass is 450 g/mol. The van der Waals surface area contributed by atoms with Gasteiger partial charge in [-0.05, 0) is 80.9 Å². The van der Waals surface area contributed by atoms with Gasteiger partial charge in [0.15, 0.2) is 0 Å². The van der Waals surface area contributed by atoms with Gasteiger partial charge in [0, 0.05) is 22.7 Å². The highest BCUT2D eigenvalue weighted by molar-refractivity contribution is 6.30. The van der Waals surface area contributed by atoms with Gasteiger partial charge in [0.2, 0.25) is 5.91 Å². The van der Waals surface area contributed by atoms with Crippen LogP contribution in [0.3, 0.4) is 0 Å². The van der Waals surface area contributed by atoms with Crippen LogP contribution in [0.5, 0.6) is 0 Å². The van der Waals surface area contributed by atoms with Crippen LogP contribution >= 0.6 is 11.6 Å². The zero-order chi connectivity index (χ0) is 21.9. The maximum atomic E-state index is 13.5. The minimum absolute atomic E-state index is 0.0593. The first-order valence-electron chi connectivity index (χ1n) is 11.7. The Kier molecular flexibility index (Phi) is 4.75. The second kappa shape index (κ2) is 7.55. The van der Waals surface area contributed by atoms with E-state index in [1.54, 1.807) is 29.2 Å². The summed E-state index contributed by atoms with van der Waals surface area (Å²) in [6, 6.07) is 7.01. The zero-order valence-electron chi connectivity index (χ0n) is 18.0. The summed E-state index contributed by atoms with van der Waals surface area (Å²) < 4.78 is 0. The van der Waals surface area contributed by atoms with E-state index in [-0.39, 0.29) is 17.2 Å². The molecule has 0 spiro atoms. The first kappa shape index (κ1) is 20.2. The van der Waals surface area contributed by atoms with E-state index in [4.69, 9.17) is 11.6 Å². The molecule has 4 saturated carbocycles. The molecule has 0 atom stereocenters. The number of halogens is 1. The number of carbonyl (C=O) groups excluding carboxylic acids is 2. The van der Waals surface area contributed by atoms with Gasteiger partial charge in [0.25, 0.3) is 5.91 Å². The Morgan fingerprint density at radius 1 is 1.06 bits per heavy atom. The van der Waals surface area contributed by atoms with Crippen molar-refractivity contribution >= 4 is 29.2 Å². The second-order valence-corrected chi connectivity index (χ2v) is 10.7. The fourth-order valence-electron chi connectivity index (χ4n) is 7.07. The van der Waals surface area contributed by atoms with E-state index in [1.165, 1.54) is 25.6 Å². The number of hydrogen-bond donors (Lipinski definition) is 1. The molecule has 4 aliphatic carbocycles. The molecule has 4 fully saturated rings. The molecule has 5 aliphatic rings. The summed E-state index contributed by atoms with van der Waals surface area (Å²) in [5, 5.41) is 3.75. The highest BCUT2D eigenvalue weighted by Gasteiger charge is 2.54. The van der Waals surface area contributed by atoms with E-state index in [1.807, 2.05) is 0 Å². The van der Waals surface area contributed by atoms with Crippen molar-refractivity contribution in [3.8, 4) is 0 Å². The maximum absolute atomic E-state index is 13.5. The fourth-order valence-corrected chi connectivity index (χ4v) is 7.26. The molecule has 32 heavy (non-hydrogen) atoms. The number of nitrogens with zero attached hydrogens (tertiary/aromatic N) is 3. The number of hydrogen-bond acceptors (Lipinski definition) is 4. The first-order valence-corrected chi connectivity index (χ1v) is 12.1. The van der Waals surface area contributed by atoms with Crippen LogP contribution in [-0.2, 0) is 17.8 Å². The summed E-state index contributed by atoms with van der Waals surface area (Å²) in [5.41, 5.74) is 2.13. The largest absolute Gasteiger partial charge is 0.332 e. The smallest absolute Gasteiger partial charge is 0.254 e. The zero-order valence-corrected chi connectivity index (χ0v) is 18.8. The molecular weight excluding hydrogens is 424 g/mol. The molecule has 0 radical (unpaired) electrons. The van der Waals surface area contributed by atoms with Gasteiger partial charge in [-0.3, -0.25) is 9.59 Å². The van der Waals surface area contributed by atoms with Crippen LogP contribution in [0, 0.1) is 23.2 Å². The number of aromatic nitrogens is 2. The van der Waals surface area contributed by atoms with Crippen molar-refractivity contribution in [1.29, 1.82) is 0 Å². The number of carbonyl (C=O) groups is 2. The number of fused-ring (bicyclic) bond motifs is 1. The average Bonchev–Trinajstić information content (AvgIpc) is 2.77. The Bertz CT molecular complexity index is 1070. The van der Waals surface area contributed by atoms with Crippen molar-refractivity contribution in [3.63, 3.8) is 0 Å². The SMILES string of the molecule is O=C(c1cccc(Cl)c1)N1CCc2c(ncnc2NC(=O)C23CC4CC(CC(C4)C2)C3)C1. The van der Waals surface area contributed by atoms with E-state index >= 15 is 0 Å². The Morgan fingerprint density at radius 3 is 2.47 bits per heavy atom. The van der Waals surface area contributed by atoms with E-state index in [0.29, 0.717) is 35.9 Å². The molecule has 1 N–H and O–H groups in total. The third-order valence-corrected chi connectivity index (χ3v) is 8.35. The predicted octanol–water partition coefficient (Wildman–Crippen LogP) is 4.48. The number of nitrogens with one attached hydrogen (secondary N) is 1. The molecule has 2 aromatic rings. The molecule has 166 valence electrons. The third-order valence-electron chi connectivity index (χ3n) is 8.12. The minimum Gasteiger partial charge on any atom is -0.332 e. The minimum atomic E-state index is -0.212. The lowest BCUT2D eigenvalue weighted by Crippen LogP contribution is -2.52. The van der Waals surface area contributed by atoms with Gasteiger partial charge in [-0.1, -0.05) is 17.7 Å². The summed E-state index contributed by atoms with van der Waals surface area (Å²) in [5.74, 6) is 2.88. The van der Waals surface area contributed by atoms with Crippen molar-refractivity contribution < 1.29 is 9.59 Å². The Hall–Kier alpha value is -2.47.